The van der Waals surface area contributed by atoms with Crippen LogP contribution in [0.1, 0.15) is 86.9 Å². The maximum atomic E-state index is 5.32. The average Bonchev–Trinajstić information content (AvgIpc) is 3.66. The normalized spacial score (nSPS) is 20.2. The Bertz CT molecular complexity index is 2640. The van der Waals surface area contributed by atoms with Crippen LogP contribution in [0.3, 0.4) is 0 Å². The molecule has 3 atom stereocenters. The second kappa shape index (κ2) is 16.8. The molecule has 16 heteroatoms. The predicted octanol–water partition coefficient (Wildman–Crippen LogP) is 6.41. The molecule has 8 heterocycles. The summed E-state index contributed by atoms with van der Waals surface area (Å²) in [5.41, 5.74) is 12.4. The van der Waals surface area contributed by atoms with Crippen LogP contribution >= 0.6 is 0 Å². The van der Waals surface area contributed by atoms with Crippen molar-refractivity contribution in [3.05, 3.63) is 83.1 Å². The Hall–Kier alpha value is -6.00. The van der Waals surface area contributed by atoms with E-state index in [9.17, 15) is 0 Å². The predicted molar refractivity (Wildman–Crippen MR) is 251 cm³/mol. The summed E-state index contributed by atoms with van der Waals surface area (Å²) in [6.45, 7) is 22.1. The molecule has 3 fully saturated rings. The van der Waals surface area contributed by atoms with Crippen molar-refractivity contribution in [2.75, 3.05) is 79.3 Å². The molecular weight excluding hydrogens is 801 g/mol. The van der Waals surface area contributed by atoms with Crippen molar-refractivity contribution in [2.24, 2.45) is 11.8 Å². The highest BCUT2D eigenvalue weighted by Crippen LogP contribution is 2.56. The first kappa shape index (κ1) is 40.8. The lowest BCUT2D eigenvalue weighted by Gasteiger charge is -2.35. The summed E-state index contributed by atoms with van der Waals surface area (Å²) >= 11 is 0. The van der Waals surface area contributed by atoms with Gasteiger partial charge in [-0.3, -0.25) is 4.68 Å². The third-order valence-corrected chi connectivity index (χ3v) is 14.2. The van der Waals surface area contributed by atoms with E-state index in [0.29, 0.717) is 29.7 Å². The highest BCUT2D eigenvalue weighted by Gasteiger charge is 2.48. The first-order valence-electron chi connectivity index (χ1n) is 23.7. The number of hydrogen-bond donors (Lipinski definition) is 3. The zero-order chi connectivity index (χ0) is 43.5. The molecule has 0 aromatic carbocycles. The number of piperazine rings is 2. The van der Waals surface area contributed by atoms with Crippen LogP contribution in [-0.4, -0.2) is 113 Å². The zero-order valence-corrected chi connectivity index (χ0v) is 37.8. The van der Waals surface area contributed by atoms with Crippen molar-refractivity contribution >= 4 is 34.9 Å². The van der Waals surface area contributed by atoms with E-state index in [4.69, 9.17) is 40.0 Å². The molecule has 3 N–H and O–H groups in total. The van der Waals surface area contributed by atoms with Gasteiger partial charge < -0.3 is 35.2 Å². The van der Waals surface area contributed by atoms with Gasteiger partial charge in [-0.1, -0.05) is 27.7 Å². The number of imidazole rings is 1. The summed E-state index contributed by atoms with van der Waals surface area (Å²) in [7, 11) is 0. The van der Waals surface area contributed by atoms with E-state index in [1.54, 1.807) is 0 Å². The lowest BCUT2D eigenvalue weighted by Crippen LogP contribution is -2.46. The van der Waals surface area contributed by atoms with Gasteiger partial charge in [0.15, 0.2) is 0 Å². The number of nitrogens with zero attached hydrogens (tertiary/aromatic N) is 13. The largest absolute Gasteiger partial charge is 0.368 e. The standard InChI is InChI=1S/C48H60N16/c1-6-41-54-38-22-30-24-52-47(55-39-11-9-32(25-50-39)61-15-13-49-14-16-61)57-43(30)46(38)63(41)28-31-21-34(31)35-23-37-42(45(29(4)5)64(8-3)59-37)44-36(35)27-53-48(58-44)56-40-12-10-33(26-51-40)62-19-17-60(7-2)18-20-62/h9-12,24-27,29,31,34-35,49H,6-8,13-23,28H2,1-5H3,(H,50,52,55,57)(H,51,53,56,58). The van der Waals surface area contributed by atoms with E-state index < -0.39 is 0 Å². The van der Waals surface area contributed by atoms with Crippen LogP contribution in [-0.2, 0) is 32.4 Å². The summed E-state index contributed by atoms with van der Waals surface area (Å²) in [5, 5.41) is 15.5. The average molecular weight is 861 g/mol. The highest BCUT2D eigenvalue weighted by atomic mass is 15.3. The van der Waals surface area contributed by atoms with Crippen molar-refractivity contribution in [3.8, 4) is 22.6 Å². The highest BCUT2D eigenvalue weighted by molar-refractivity contribution is 5.74. The van der Waals surface area contributed by atoms with Crippen molar-refractivity contribution in [1.29, 1.82) is 0 Å². The van der Waals surface area contributed by atoms with Gasteiger partial charge in [0, 0.05) is 107 Å². The van der Waals surface area contributed by atoms with Gasteiger partial charge >= 0.3 is 0 Å². The van der Waals surface area contributed by atoms with Crippen LogP contribution < -0.4 is 25.8 Å². The number of rotatable bonds is 13. The van der Waals surface area contributed by atoms with E-state index in [1.807, 2.05) is 30.7 Å². The summed E-state index contributed by atoms with van der Waals surface area (Å²) < 4.78 is 4.67. The van der Waals surface area contributed by atoms with Gasteiger partial charge in [0.25, 0.3) is 0 Å². The summed E-state index contributed by atoms with van der Waals surface area (Å²) in [5.74, 6) is 5.22. The van der Waals surface area contributed by atoms with E-state index in [0.717, 1.165) is 161 Å². The number of aromatic nitrogens is 10. The molecule has 6 aromatic heterocycles. The molecule has 64 heavy (non-hydrogen) atoms. The third kappa shape index (κ3) is 7.53. The van der Waals surface area contributed by atoms with Gasteiger partial charge in [0.05, 0.1) is 57.9 Å². The van der Waals surface area contributed by atoms with E-state index in [-0.39, 0.29) is 5.92 Å². The van der Waals surface area contributed by atoms with Crippen LogP contribution in [0.4, 0.5) is 34.9 Å². The number of aryl methyl sites for hydroxylation is 2. The van der Waals surface area contributed by atoms with E-state index in [1.165, 1.54) is 16.8 Å². The minimum atomic E-state index is 0.268. The number of hydrogen-bond acceptors (Lipinski definition) is 14. The first-order valence-corrected chi connectivity index (χ1v) is 23.7. The molecule has 0 bridgehead atoms. The molecule has 2 aliphatic heterocycles. The molecule has 3 unspecified atom stereocenters. The minimum absolute atomic E-state index is 0.268. The van der Waals surface area contributed by atoms with Crippen molar-refractivity contribution in [1.82, 2.24) is 59.5 Å². The Kier molecular flexibility index (Phi) is 10.7. The monoisotopic (exact) mass is 861 g/mol. The fourth-order valence-electron chi connectivity index (χ4n) is 10.7. The first-order chi connectivity index (χ1) is 31.3. The van der Waals surface area contributed by atoms with Gasteiger partial charge in [0.1, 0.15) is 17.5 Å². The van der Waals surface area contributed by atoms with Gasteiger partial charge in [0.2, 0.25) is 11.9 Å². The fraction of sp³-hybridized carbons (Fsp3) is 0.500. The quantitative estimate of drug-likeness (QED) is 0.117. The Morgan fingerprint density at radius 2 is 1.42 bits per heavy atom. The van der Waals surface area contributed by atoms with Crippen molar-refractivity contribution in [3.63, 3.8) is 0 Å². The summed E-state index contributed by atoms with van der Waals surface area (Å²) in [4.78, 5) is 42.1. The third-order valence-electron chi connectivity index (χ3n) is 14.2. The molecule has 6 aromatic rings. The Balaban J connectivity index is 0.839. The van der Waals surface area contributed by atoms with Crippen LogP contribution in [0.15, 0.2) is 49.1 Å². The molecule has 5 aliphatic rings. The second-order valence-corrected chi connectivity index (χ2v) is 18.4. The zero-order valence-electron chi connectivity index (χ0n) is 37.8. The molecule has 1 saturated carbocycles. The van der Waals surface area contributed by atoms with Crippen LogP contribution in [0, 0.1) is 11.8 Å². The second-order valence-electron chi connectivity index (χ2n) is 18.4. The van der Waals surface area contributed by atoms with Crippen molar-refractivity contribution < 1.29 is 0 Å². The smallest absolute Gasteiger partial charge is 0.228 e. The van der Waals surface area contributed by atoms with Crippen molar-refractivity contribution in [2.45, 2.75) is 85.2 Å². The SMILES string of the molecule is CCc1nc2c(n1CC1CC1C1Cc3nn(CC)c(C(C)C)c3-c3nc(Nc4ccc(N5CCN(CC)CC5)cn4)ncc31)-c1nc(Nc3ccc(N4CCNCC4)cn3)ncc1C2. The number of fused-ring (bicyclic) bond motifs is 6. The molecule has 16 nitrogen and oxygen atoms in total. The molecule has 11 rings (SSSR count). The number of likely N-dealkylation sites (N-methyl/N-ethyl adjacent to an activating group) is 1. The number of nitrogens with one attached hydrogen (secondary N) is 3. The Morgan fingerprint density at radius 1 is 0.734 bits per heavy atom. The molecule has 3 aliphatic carbocycles. The van der Waals surface area contributed by atoms with Crippen LogP contribution in [0.5, 0.6) is 0 Å². The van der Waals surface area contributed by atoms with Crippen LogP contribution in [0.25, 0.3) is 22.6 Å². The lowest BCUT2D eigenvalue weighted by molar-refractivity contribution is 0.271. The van der Waals surface area contributed by atoms with E-state index in [2.05, 4.69) is 92.8 Å². The molecule has 2 saturated heterocycles. The maximum Gasteiger partial charge on any atom is 0.228 e. The number of anilines is 6. The molecular formula is C48H60N16. The van der Waals surface area contributed by atoms with Gasteiger partial charge in [-0.15, -0.1) is 0 Å². The molecule has 0 amide bonds. The fourth-order valence-corrected chi connectivity index (χ4v) is 10.7. The molecule has 0 radical (unpaired) electrons. The van der Waals surface area contributed by atoms with Gasteiger partial charge in [-0.05, 0) is 74.2 Å². The van der Waals surface area contributed by atoms with Gasteiger partial charge in [-0.25, -0.2) is 34.9 Å². The molecule has 332 valence electrons. The Labute approximate surface area is 375 Å². The maximum absolute atomic E-state index is 5.32. The topological polar surface area (TPSA) is 159 Å². The molecule has 0 spiro atoms. The minimum Gasteiger partial charge on any atom is -0.368 e. The van der Waals surface area contributed by atoms with Crippen LogP contribution in [0.2, 0.25) is 0 Å². The summed E-state index contributed by atoms with van der Waals surface area (Å²) in [6, 6.07) is 8.35. The Morgan fingerprint density at radius 3 is 2.06 bits per heavy atom. The number of pyridine rings is 2. The van der Waals surface area contributed by atoms with E-state index >= 15 is 0 Å². The lowest BCUT2D eigenvalue weighted by atomic mass is 9.80. The van der Waals surface area contributed by atoms with Gasteiger partial charge in [-0.2, -0.15) is 5.10 Å². The summed E-state index contributed by atoms with van der Waals surface area (Å²) in [6.07, 6.45) is 11.6.